The van der Waals surface area contributed by atoms with Gasteiger partial charge in [-0.05, 0) is 44.9 Å². The minimum Gasteiger partial charge on any atom is -0.381 e. The molecule has 1 aliphatic heterocycles. The Kier molecular flexibility index (Phi) is 3.50. The number of fused-ring (bicyclic) bond motifs is 1. The van der Waals surface area contributed by atoms with E-state index >= 15 is 0 Å². The van der Waals surface area contributed by atoms with E-state index in [0.29, 0.717) is 17.2 Å². The highest BCUT2D eigenvalue weighted by Crippen LogP contribution is 2.56. The Bertz CT molecular complexity index is 613. The summed E-state index contributed by atoms with van der Waals surface area (Å²) in [4.78, 5) is 12.6. The van der Waals surface area contributed by atoms with Crippen molar-refractivity contribution in [3.05, 3.63) is 17.0 Å². The molecule has 2 saturated carbocycles. The molecule has 2 heterocycles. The van der Waals surface area contributed by atoms with Crippen LogP contribution in [0, 0.1) is 5.41 Å². The molecule has 0 aromatic carbocycles. The van der Waals surface area contributed by atoms with Gasteiger partial charge < -0.3 is 14.8 Å². The zero-order chi connectivity index (χ0) is 16.2. The van der Waals surface area contributed by atoms with E-state index in [1.165, 1.54) is 0 Å². The molecule has 3 aliphatic rings. The van der Waals surface area contributed by atoms with Gasteiger partial charge in [0, 0.05) is 25.1 Å². The Morgan fingerprint density at radius 1 is 1.35 bits per heavy atom. The van der Waals surface area contributed by atoms with Gasteiger partial charge >= 0.3 is 0 Å². The van der Waals surface area contributed by atoms with Crippen molar-refractivity contribution in [2.75, 3.05) is 7.11 Å². The summed E-state index contributed by atoms with van der Waals surface area (Å²) >= 11 is 0. The molecule has 2 aliphatic carbocycles. The van der Waals surface area contributed by atoms with Crippen molar-refractivity contribution < 1.29 is 14.3 Å². The quantitative estimate of drug-likeness (QED) is 0.895. The summed E-state index contributed by atoms with van der Waals surface area (Å²) in [6, 6.07) is 0.280. The van der Waals surface area contributed by atoms with Gasteiger partial charge in [0.2, 0.25) is 0 Å². The largest absolute Gasteiger partial charge is 0.381 e. The normalized spacial score (nSPS) is 38.6. The molecule has 0 unspecified atom stereocenters. The number of carbonyl (C=O) groups is 1. The molecular weight excluding hydrogens is 294 g/mol. The topological polar surface area (TPSA) is 76.2 Å². The minimum atomic E-state index is -0.0498. The molecule has 23 heavy (non-hydrogen) atoms. The van der Waals surface area contributed by atoms with E-state index in [-0.39, 0.29) is 24.2 Å². The smallest absolute Gasteiger partial charge is 0.272 e. The zero-order valence-electron chi connectivity index (χ0n) is 14.0. The van der Waals surface area contributed by atoms with Gasteiger partial charge in [0.25, 0.3) is 5.91 Å². The Labute approximate surface area is 136 Å². The zero-order valence-corrected chi connectivity index (χ0v) is 14.0. The van der Waals surface area contributed by atoms with Crippen LogP contribution in [0.3, 0.4) is 0 Å². The highest BCUT2D eigenvalue weighted by molar-refractivity contribution is 5.94. The van der Waals surface area contributed by atoms with Gasteiger partial charge in [-0.1, -0.05) is 0 Å². The second-order valence-corrected chi connectivity index (χ2v) is 7.60. The maximum Gasteiger partial charge on any atom is 0.272 e. The van der Waals surface area contributed by atoms with Gasteiger partial charge in [-0.2, -0.15) is 5.10 Å². The molecule has 126 valence electrons. The molecule has 1 amide bonds. The van der Waals surface area contributed by atoms with E-state index in [9.17, 15) is 4.79 Å². The molecule has 2 atom stereocenters. The van der Waals surface area contributed by atoms with Gasteiger partial charge in [0.1, 0.15) is 0 Å². The van der Waals surface area contributed by atoms with Crippen molar-refractivity contribution >= 4 is 5.91 Å². The number of hydrogen-bond donors (Lipinski definition) is 2. The Morgan fingerprint density at radius 3 is 2.78 bits per heavy atom. The van der Waals surface area contributed by atoms with Crippen LogP contribution in [0.2, 0.25) is 0 Å². The number of amides is 1. The highest BCUT2D eigenvalue weighted by Gasteiger charge is 2.53. The van der Waals surface area contributed by atoms with Crippen LogP contribution in [0.25, 0.3) is 0 Å². The first-order valence-corrected chi connectivity index (χ1v) is 8.56. The number of aromatic amines is 1. The summed E-state index contributed by atoms with van der Waals surface area (Å²) in [5.74, 6) is -0.0498. The van der Waals surface area contributed by atoms with Crippen molar-refractivity contribution in [3.8, 4) is 0 Å². The van der Waals surface area contributed by atoms with Crippen LogP contribution in [0.5, 0.6) is 0 Å². The van der Waals surface area contributed by atoms with E-state index in [1.807, 2.05) is 13.8 Å². The van der Waals surface area contributed by atoms with Crippen LogP contribution in [0.15, 0.2) is 0 Å². The van der Waals surface area contributed by atoms with Crippen LogP contribution in [0.1, 0.15) is 67.4 Å². The number of rotatable bonds is 3. The number of carbonyl (C=O) groups excluding carboxylic acids is 1. The van der Waals surface area contributed by atoms with Crippen LogP contribution < -0.4 is 5.32 Å². The predicted molar refractivity (Wildman–Crippen MR) is 84.2 cm³/mol. The maximum atomic E-state index is 12.6. The Balaban J connectivity index is 1.38. The average molecular weight is 319 g/mol. The van der Waals surface area contributed by atoms with Crippen molar-refractivity contribution in [2.45, 2.75) is 70.3 Å². The number of aromatic nitrogens is 2. The Hall–Kier alpha value is -1.40. The van der Waals surface area contributed by atoms with Crippen molar-refractivity contribution in [1.29, 1.82) is 0 Å². The number of hydrogen-bond acceptors (Lipinski definition) is 4. The van der Waals surface area contributed by atoms with Crippen LogP contribution in [0.4, 0.5) is 0 Å². The monoisotopic (exact) mass is 319 g/mol. The maximum absolute atomic E-state index is 12.6. The number of nitrogens with zero attached hydrogens (tertiary/aromatic N) is 1. The van der Waals surface area contributed by atoms with E-state index in [2.05, 4.69) is 15.5 Å². The van der Waals surface area contributed by atoms with E-state index in [0.717, 1.165) is 43.4 Å². The second-order valence-electron chi connectivity index (χ2n) is 7.60. The summed E-state index contributed by atoms with van der Waals surface area (Å²) in [6.07, 6.45) is 5.67. The summed E-state index contributed by atoms with van der Waals surface area (Å²) in [6.45, 7) is 4.03. The standard InChI is InChI=1S/C17H25N3O3/c1-9-4-13-14(10(2)23-9)19-20-15(13)16(21)18-11-5-17(6-11)7-12(8-17)22-3/h9-12H,4-8H2,1-3H3,(H,18,21)(H,19,20)/t9-,10+,11?,12?,17?/m0/s1. The van der Waals surface area contributed by atoms with Crippen molar-refractivity contribution in [3.63, 3.8) is 0 Å². The third-order valence-corrected chi connectivity index (χ3v) is 5.80. The van der Waals surface area contributed by atoms with Crippen molar-refractivity contribution in [1.82, 2.24) is 15.5 Å². The molecule has 1 spiro atoms. The predicted octanol–water partition coefficient (Wildman–Crippen LogP) is 2.12. The fourth-order valence-corrected chi connectivity index (χ4v) is 4.61. The molecule has 6 heteroatoms. The molecule has 1 aromatic rings. The third-order valence-electron chi connectivity index (χ3n) is 5.80. The molecule has 2 N–H and O–H groups in total. The fourth-order valence-electron chi connectivity index (χ4n) is 4.61. The third kappa shape index (κ3) is 2.48. The molecule has 0 radical (unpaired) electrons. The first-order chi connectivity index (χ1) is 11.0. The lowest BCUT2D eigenvalue weighted by molar-refractivity contribution is -0.112. The van der Waals surface area contributed by atoms with Crippen LogP contribution >= 0.6 is 0 Å². The van der Waals surface area contributed by atoms with Gasteiger partial charge in [0.15, 0.2) is 5.69 Å². The summed E-state index contributed by atoms with van der Waals surface area (Å²) in [5, 5.41) is 10.4. The summed E-state index contributed by atoms with van der Waals surface area (Å²) in [5.41, 5.74) is 2.94. The Morgan fingerprint density at radius 2 is 2.09 bits per heavy atom. The van der Waals surface area contributed by atoms with Gasteiger partial charge in [-0.15, -0.1) is 0 Å². The SMILES string of the molecule is COC1CC2(CC(NC(=O)c3n[nH]c4c3C[C@H](C)O[C@@H]4C)C2)C1. The molecule has 0 bridgehead atoms. The molecule has 4 rings (SSSR count). The number of ether oxygens (including phenoxy) is 2. The van der Waals surface area contributed by atoms with E-state index in [1.54, 1.807) is 7.11 Å². The van der Waals surface area contributed by atoms with Gasteiger partial charge in [-0.25, -0.2) is 0 Å². The summed E-state index contributed by atoms with van der Waals surface area (Å²) in [7, 11) is 1.78. The first kappa shape index (κ1) is 15.1. The molecule has 6 nitrogen and oxygen atoms in total. The molecular formula is C17H25N3O3. The van der Waals surface area contributed by atoms with Crippen LogP contribution in [-0.2, 0) is 15.9 Å². The second kappa shape index (κ2) is 5.31. The number of nitrogens with one attached hydrogen (secondary N) is 2. The molecule has 2 fully saturated rings. The van der Waals surface area contributed by atoms with Gasteiger partial charge in [-0.3, -0.25) is 9.89 Å². The fraction of sp³-hybridized carbons (Fsp3) is 0.765. The number of H-pyrrole nitrogens is 1. The lowest BCUT2D eigenvalue weighted by Gasteiger charge is -2.57. The lowest BCUT2D eigenvalue weighted by Crippen LogP contribution is -2.58. The average Bonchev–Trinajstić information content (AvgIpc) is 2.83. The number of methoxy groups -OCH3 is 1. The van der Waals surface area contributed by atoms with Crippen LogP contribution in [-0.4, -0.2) is 41.5 Å². The first-order valence-electron chi connectivity index (χ1n) is 8.56. The highest BCUT2D eigenvalue weighted by atomic mass is 16.5. The lowest BCUT2D eigenvalue weighted by atomic mass is 9.53. The van der Waals surface area contributed by atoms with Crippen molar-refractivity contribution in [2.24, 2.45) is 5.41 Å². The van der Waals surface area contributed by atoms with E-state index in [4.69, 9.17) is 9.47 Å². The minimum absolute atomic E-state index is 0.0317. The summed E-state index contributed by atoms with van der Waals surface area (Å²) < 4.78 is 11.1. The molecule has 0 saturated heterocycles. The van der Waals surface area contributed by atoms with E-state index < -0.39 is 0 Å². The molecule has 1 aromatic heterocycles. The van der Waals surface area contributed by atoms with Gasteiger partial charge in [0.05, 0.1) is 24.0 Å².